The molecule has 0 spiro atoms. The van der Waals surface area contributed by atoms with E-state index in [4.69, 9.17) is 0 Å². The van der Waals surface area contributed by atoms with E-state index in [1.807, 2.05) is 18.2 Å². The minimum absolute atomic E-state index is 0. The minimum atomic E-state index is 0. The molecular formula is C60H69Cl3N3Zr3-3. The molecule has 0 fully saturated rings. The quantitative estimate of drug-likeness (QED) is 0.183. The number of fused-ring (bicyclic) bond motifs is 3. The number of hydrogen-bond acceptors (Lipinski definition) is 3. The molecular weight excluding hydrogens is 1140 g/mol. The van der Waals surface area contributed by atoms with E-state index in [-0.39, 0.29) is 116 Å². The van der Waals surface area contributed by atoms with Gasteiger partial charge in [0.05, 0.1) is 0 Å². The van der Waals surface area contributed by atoms with Crippen LogP contribution in [0.3, 0.4) is 0 Å². The maximum atomic E-state index is 2.18. The van der Waals surface area contributed by atoms with Crippen molar-refractivity contribution in [2.75, 3.05) is 61.9 Å². The summed E-state index contributed by atoms with van der Waals surface area (Å²) in [5.74, 6) is 4.25. The molecule has 9 rings (SSSR count). The van der Waals surface area contributed by atoms with E-state index in [0.717, 1.165) is 19.6 Å². The van der Waals surface area contributed by atoms with E-state index in [2.05, 4.69) is 278 Å². The first kappa shape index (κ1) is 70.4. The standard InChI is InChI=1S/3C11H16N.3C9H7.3ClH.3Zr/c3*1-10(9-12(2)3)11-7-5-4-6-8-11;3*1-2-5-9-7-3-6-8(9)4-1;;;;;;/h3*4-8H,9H2,1-3H3;3*1-7H;3*1H;;;/q6*-1;;;;3*+2/p-3. The molecule has 0 saturated carbocycles. The molecule has 9 aromatic carbocycles. The monoisotopic (exact) mass is 1210 g/mol. The average Bonchev–Trinajstić information content (AvgIpc) is 4.10. The first-order valence-electron chi connectivity index (χ1n) is 21.9. The summed E-state index contributed by atoms with van der Waals surface area (Å²) in [6, 6.07) is 75.5. The van der Waals surface area contributed by atoms with E-state index in [0.29, 0.717) is 0 Å². The summed E-state index contributed by atoms with van der Waals surface area (Å²) in [5.41, 5.74) is 4.02. The summed E-state index contributed by atoms with van der Waals surface area (Å²) in [7, 11) is 12.5. The summed E-state index contributed by atoms with van der Waals surface area (Å²) >= 11 is 0. The number of halogens is 3. The zero-order chi connectivity index (χ0) is 45.2. The summed E-state index contributed by atoms with van der Waals surface area (Å²) in [6.45, 7) is 9.62. The van der Waals surface area contributed by atoms with Crippen LogP contribution in [0.15, 0.2) is 218 Å². The zero-order valence-electron chi connectivity index (χ0n) is 41.9. The Bertz CT molecular complexity index is 2140. The molecule has 0 bridgehead atoms. The van der Waals surface area contributed by atoms with Crippen molar-refractivity contribution in [2.45, 2.75) is 20.8 Å². The predicted octanol–water partition coefficient (Wildman–Crippen LogP) is 5.25. The number of nitrogens with zero attached hydrogens (tertiary/aromatic N) is 3. The largest absolute Gasteiger partial charge is 2.00 e. The van der Waals surface area contributed by atoms with Gasteiger partial charge in [-0.25, -0.2) is 0 Å². The third kappa shape index (κ3) is 28.1. The van der Waals surface area contributed by atoms with Gasteiger partial charge in [0.25, 0.3) is 0 Å². The van der Waals surface area contributed by atoms with Crippen LogP contribution in [0.2, 0.25) is 0 Å². The third-order valence-corrected chi connectivity index (χ3v) is 10.1. The maximum Gasteiger partial charge on any atom is 2.00 e. The number of likely N-dealkylation sites (N-methyl/N-ethyl adjacent to an activating group) is 3. The molecule has 0 aliphatic heterocycles. The van der Waals surface area contributed by atoms with Gasteiger partial charge in [-0.3, -0.25) is 0 Å². The van der Waals surface area contributed by atoms with Crippen LogP contribution in [0.25, 0.3) is 32.3 Å². The summed E-state index contributed by atoms with van der Waals surface area (Å²) in [6.07, 6.45) is 0. The second kappa shape index (κ2) is 40.7. The van der Waals surface area contributed by atoms with Gasteiger partial charge in [0, 0.05) is 0 Å². The van der Waals surface area contributed by atoms with Crippen molar-refractivity contribution in [1.29, 1.82) is 0 Å². The Morgan fingerprint density at radius 2 is 0.507 bits per heavy atom. The Hall–Kier alpha value is -2.84. The van der Waals surface area contributed by atoms with E-state index in [1.54, 1.807) is 0 Å². The molecule has 69 heavy (non-hydrogen) atoms. The molecule has 0 atom stereocenters. The molecule has 0 aliphatic rings. The number of benzene rings is 6. The van der Waals surface area contributed by atoms with Crippen molar-refractivity contribution in [2.24, 2.45) is 0 Å². The van der Waals surface area contributed by atoms with Crippen molar-refractivity contribution < 1.29 is 116 Å². The predicted molar refractivity (Wildman–Crippen MR) is 278 cm³/mol. The van der Waals surface area contributed by atoms with Gasteiger partial charge in [-0.15, -0.1) is 125 Å². The second-order valence-electron chi connectivity index (χ2n) is 16.6. The van der Waals surface area contributed by atoms with Crippen molar-refractivity contribution in [3.8, 4) is 0 Å². The van der Waals surface area contributed by atoms with Crippen LogP contribution >= 0.6 is 0 Å². The van der Waals surface area contributed by atoms with Crippen molar-refractivity contribution in [3.63, 3.8) is 0 Å². The van der Waals surface area contributed by atoms with Gasteiger partial charge >= 0.3 is 78.6 Å². The fraction of sp³-hybridized carbons (Fsp3) is 0.200. The molecule has 0 unspecified atom stereocenters. The topological polar surface area (TPSA) is 9.72 Å². The van der Waals surface area contributed by atoms with E-state index in [9.17, 15) is 0 Å². The van der Waals surface area contributed by atoms with Gasteiger partial charge in [-0.1, -0.05) is 57.2 Å². The van der Waals surface area contributed by atoms with Crippen molar-refractivity contribution in [1.82, 2.24) is 14.7 Å². The minimum Gasteiger partial charge on any atom is -1.00 e. The molecule has 0 saturated heterocycles. The summed E-state index contributed by atoms with van der Waals surface area (Å²) < 4.78 is 0. The first-order chi connectivity index (χ1) is 30.5. The Kier molecular flexibility index (Phi) is 41.6. The maximum absolute atomic E-state index is 2.18. The Morgan fingerprint density at radius 3 is 0.710 bits per heavy atom. The second-order valence-corrected chi connectivity index (χ2v) is 16.6. The first-order valence-corrected chi connectivity index (χ1v) is 21.9. The molecule has 0 N–H and O–H groups in total. The molecule has 0 amide bonds. The Morgan fingerprint density at radius 1 is 0.304 bits per heavy atom. The van der Waals surface area contributed by atoms with E-state index >= 15 is 0 Å². The molecule has 9 heteroatoms. The average molecular weight is 1210 g/mol. The Labute approximate surface area is 493 Å². The molecule has 0 heterocycles. The van der Waals surface area contributed by atoms with Crippen LogP contribution in [0.5, 0.6) is 0 Å². The SMILES string of the molecule is C[C-](CN(C)C)c1ccccc1.C[C-](CN(C)C)c1ccccc1.C[C-](CN(C)C)c1ccccc1.[Cl-].[Cl-].[Cl-].[Zr+2].[Zr+2].[Zr+2].c1ccc2[cH-]ccc2c1.c1ccc2[cH-]ccc2c1.c1ccc2[cH-]ccc2c1. The zero-order valence-corrected chi connectivity index (χ0v) is 51.5. The van der Waals surface area contributed by atoms with Crippen LogP contribution in [0.1, 0.15) is 37.5 Å². The molecule has 0 aliphatic carbocycles. The van der Waals surface area contributed by atoms with Crippen LogP contribution in [0, 0.1) is 17.8 Å². The van der Waals surface area contributed by atoms with Gasteiger partial charge in [0.2, 0.25) is 0 Å². The fourth-order valence-corrected chi connectivity index (χ4v) is 7.07. The van der Waals surface area contributed by atoms with Crippen LogP contribution in [-0.2, 0) is 78.6 Å². The summed E-state index contributed by atoms with van der Waals surface area (Å²) in [4.78, 5) is 6.55. The molecule has 0 radical (unpaired) electrons. The smallest absolute Gasteiger partial charge is 1.00 e. The van der Waals surface area contributed by atoms with Gasteiger partial charge in [-0.05, 0) is 61.9 Å². The van der Waals surface area contributed by atoms with E-state index < -0.39 is 0 Å². The third-order valence-electron chi connectivity index (χ3n) is 10.1. The fourth-order valence-electron chi connectivity index (χ4n) is 7.07. The number of rotatable bonds is 9. The van der Waals surface area contributed by atoms with Gasteiger partial charge in [-0.2, -0.15) is 123 Å². The number of hydrogen-bond donors (Lipinski definition) is 0. The van der Waals surface area contributed by atoms with Crippen LogP contribution in [0.4, 0.5) is 0 Å². The van der Waals surface area contributed by atoms with Crippen LogP contribution < -0.4 is 37.2 Å². The van der Waals surface area contributed by atoms with Gasteiger partial charge in [0.15, 0.2) is 0 Å². The Balaban J connectivity index is -0.000000747. The molecule has 360 valence electrons. The molecule has 9 aromatic rings. The molecule has 0 aromatic heterocycles. The van der Waals surface area contributed by atoms with Gasteiger partial charge < -0.3 is 51.9 Å². The van der Waals surface area contributed by atoms with E-state index in [1.165, 1.54) is 66.8 Å². The van der Waals surface area contributed by atoms with Crippen LogP contribution in [-0.4, -0.2) is 76.6 Å². The van der Waals surface area contributed by atoms with Crippen molar-refractivity contribution in [3.05, 3.63) is 253 Å². The van der Waals surface area contributed by atoms with Crippen molar-refractivity contribution >= 4 is 32.3 Å². The van der Waals surface area contributed by atoms with Gasteiger partial charge in [0.1, 0.15) is 0 Å². The summed E-state index contributed by atoms with van der Waals surface area (Å²) in [5, 5.41) is 7.99. The normalized spacial score (nSPS) is 9.39. The molecule has 3 nitrogen and oxygen atoms in total.